The molecule has 0 spiro atoms. The van der Waals surface area contributed by atoms with E-state index < -0.39 is 11.7 Å². The van der Waals surface area contributed by atoms with Gasteiger partial charge < -0.3 is 19.5 Å². The third-order valence-corrected chi connectivity index (χ3v) is 1.93. The Morgan fingerprint density at radius 1 is 1.37 bits per heavy atom. The van der Waals surface area contributed by atoms with Gasteiger partial charge in [0, 0.05) is 24.5 Å². The Balaban J connectivity index is 4.04. The molecule has 8 nitrogen and oxygen atoms in total. The second-order valence-electron chi connectivity index (χ2n) is 4.76. The van der Waals surface area contributed by atoms with E-state index in [1.165, 1.54) is 4.90 Å². The molecule has 0 aliphatic heterocycles. The topological polar surface area (TPSA) is 108 Å². The number of hydrogen-bond acceptors (Lipinski definition) is 5. The van der Waals surface area contributed by atoms with E-state index in [-0.39, 0.29) is 19.7 Å². The number of rotatable bonds is 8. The maximum atomic E-state index is 11.8. The van der Waals surface area contributed by atoms with Crippen LogP contribution in [0, 0.1) is 0 Å². The summed E-state index contributed by atoms with van der Waals surface area (Å²) < 4.78 is 10.4. The maximum absolute atomic E-state index is 11.8. The van der Waals surface area contributed by atoms with Crippen LogP contribution in [0.1, 0.15) is 20.8 Å². The fraction of sp³-hybridized carbons (Fsp3) is 0.909. The Labute approximate surface area is 112 Å². The van der Waals surface area contributed by atoms with Crippen LogP contribution in [0.3, 0.4) is 0 Å². The molecule has 0 aliphatic carbocycles. The largest absolute Gasteiger partial charge is 0.444 e. The molecule has 0 aromatic carbocycles. The van der Waals surface area contributed by atoms with E-state index in [1.807, 2.05) is 0 Å². The third-order valence-electron chi connectivity index (χ3n) is 1.93. The Bertz CT molecular complexity index is 310. The van der Waals surface area contributed by atoms with Gasteiger partial charge in [-0.15, -0.1) is 0 Å². The fourth-order valence-corrected chi connectivity index (χ4v) is 1.17. The molecule has 0 radical (unpaired) electrons. The lowest BCUT2D eigenvalue weighted by Gasteiger charge is -2.26. The summed E-state index contributed by atoms with van der Waals surface area (Å²) in [6.45, 7) is 6.53. The molecule has 8 heteroatoms. The molecule has 0 aliphatic rings. The van der Waals surface area contributed by atoms with Crippen LogP contribution in [0.4, 0.5) is 4.79 Å². The monoisotopic (exact) mass is 274 g/mol. The molecule has 0 unspecified atom stereocenters. The van der Waals surface area contributed by atoms with Crippen LogP contribution in [0.5, 0.6) is 0 Å². The van der Waals surface area contributed by atoms with E-state index in [4.69, 9.17) is 20.1 Å². The Hall–Kier alpha value is -1.50. The van der Waals surface area contributed by atoms with Gasteiger partial charge in [-0.25, -0.2) is 4.79 Å². The van der Waals surface area contributed by atoms with E-state index in [1.54, 1.807) is 20.8 Å². The van der Waals surface area contributed by atoms with Crippen molar-refractivity contribution in [1.29, 1.82) is 0 Å². The van der Waals surface area contributed by atoms with E-state index >= 15 is 0 Å². The number of carbonyl (C=O) groups excluding carboxylic acids is 1. The lowest BCUT2D eigenvalue weighted by molar-refractivity contribution is 0.0146. The highest BCUT2D eigenvalue weighted by Gasteiger charge is 2.21. The average molecular weight is 274 g/mol. The molecule has 1 amide bonds. The van der Waals surface area contributed by atoms with Crippen molar-refractivity contribution in [3.05, 3.63) is 10.4 Å². The standard InChI is InChI=1S/C11H22N4O4/c1-11(2,3)19-10(17)15(5-7-16)6-9-18-8-4-13-14-12/h16H,4-9H2,1-3H3. The molecule has 0 aromatic heterocycles. The van der Waals surface area contributed by atoms with Gasteiger partial charge in [0.25, 0.3) is 0 Å². The van der Waals surface area contributed by atoms with Gasteiger partial charge in [-0.05, 0) is 26.3 Å². The number of nitrogens with zero attached hydrogens (tertiary/aromatic N) is 4. The highest BCUT2D eigenvalue weighted by atomic mass is 16.6. The highest BCUT2D eigenvalue weighted by molar-refractivity contribution is 5.68. The Morgan fingerprint density at radius 3 is 2.58 bits per heavy atom. The van der Waals surface area contributed by atoms with Crippen LogP contribution in [0.15, 0.2) is 5.11 Å². The van der Waals surface area contributed by atoms with E-state index in [0.29, 0.717) is 19.8 Å². The van der Waals surface area contributed by atoms with Crippen LogP contribution in [-0.2, 0) is 9.47 Å². The minimum atomic E-state index is -0.576. The average Bonchev–Trinajstić information content (AvgIpc) is 2.30. The van der Waals surface area contributed by atoms with Gasteiger partial charge in [-0.2, -0.15) is 0 Å². The van der Waals surface area contributed by atoms with Crippen LogP contribution in [0.25, 0.3) is 10.4 Å². The number of amides is 1. The minimum absolute atomic E-state index is 0.141. The van der Waals surface area contributed by atoms with Crippen molar-refractivity contribution < 1.29 is 19.4 Å². The molecule has 0 heterocycles. The van der Waals surface area contributed by atoms with Gasteiger partial charge in [0.15, 0.2) is 0 Å². The first-order chi connectivity index (χ1) is 8.90. The predicted molar refractivity (Wildman–Crippen MR) is 69.7 cm³/mol. The van der Waals surface area contributed by atoms with Crippen molar-refractivity contribution in [3.63, 3.8) is 0 Å². The highest BCUT2D eigenvalue weighted by Crippen LogP contribution is 2.09. The number of hydrogen-bond donors (Lipinski definition) is 1. The summed E-state index contributed by atoms with van der Waals surface area (Å²) in [4.78, 5) is 15.8. The summed E-state index contributed by atoms with van der Waals surface area (Å²) in [6.07, 6.45) is -0.486. The molecule has 110 valence electrons. The number of aliphatic hydroxyl groups excluding tert-OH is 1. The summed E-state index contributed by atoms with van der Waals surface area (Å²) in [7, 11) is 0. The van der Waals surface area contributed by atoms with Crippen molar-refractivity contribution in [3.8, 4) is 0 Å². The van der Waals surface area contributed by atoms with Crippen molar-refractivity contribution in [1.82, 2.24) is 4.90 Å². The number of aliphatic hydroxyl groups is 1. The zero-order valence-corrected chi connectivity index (χ0v) is 11.7. The Morgan fingerprint density at radius 2 is 2.05 bits per heavy atom. The molecule has 0 fully saturated rings. The summed E-state index contributed by atoms with van der Waals surface area (Å²) in [5, 5.41) is 12.2. The number of ether oxygens (including phenoxy) is 2. The van der Waals surface area contributed by atoms with Gasteiger partial charge in [0.05, 0.1) is 19.8 Å². The zero-order valence-electron chi connectivity index (χ0n) is 11.7. The summed E-state index contributed by atoms with van der Waals surface area (Å²) in [6, 6.07) is 0. The molecule has 19 heavy (non-hydrogen) atoms. The summed E-state index contributed by atoms with van der Waals surface area (Å²) in [5.74, 6) is 0. The molecule has 0 atom stereocenters. The van der Waals surface area contributed by atoms with Crippen molar-refractivity contribution in [2.45, 2.75) is 26.4 Å². The van der Waals surface area contributed by atoms with Crippen molar-refractivity contribution >= 4 is 6.09 Å². The van der Waals surface area contributed by atoms with Gasteiger partial charge in [-0.1, -0.05) is 5.11 Å². The van der Waals surface area contributed by atoms with E-state index in [9.17, 15) is 4.79 Å². The smallest absolute Gasteiger partial charge is 0.410 e. The maximum Gasteiger partial charge on any atom is 0.410 e. The predicted octanol–water partition coefficient (Wildman–Crippen LogP) is 1.54. The van der Waals surface area contributed by atoms with Gasteiger partial charge >= 0.3 is 6.09 Å². The van der Waals surface area contributed by atoms with Gasteiger partial charge in [-0.3, -0.25) is 0 Å². The molecule has 0 rings (SSSR count). The Kier molecular flexibility index (Phi) is 8.69. The number of carbonyl (C=O) groups is 1. The molecule has 0 aromatic rings. The summed E-state index contributed by atoms with van der Waals surface area (Å²) >= 11 is 0. The first kappa shape index (κ1) is 17.5. The molecule has 1 N–H and O–H groups in total. The van der Waals surface area contributed by atoms with Gasteiger partial charge in [0.1, 0.15) is 5.60 Å². The number of azide groups is 1. The van der Waals surface area contributed by atoms with Crippen LogP contribution >= 0.6 is 0 Å². The molecular formula is C11H22N4O4. The molecule has 0 saturated heterocycles. The van der Waals surface area contributed by atoms with E-state index in [2.05, 4.69) is 10.0 Å². The second kappa shape index (κ2) is 9.43. The molecule has 0 bridgehead atoms. The first-order valence-corrected chi connectivity index (χ1v) is 6.08. The van der Waals surface area contributed by atoms with Crippen LogP contribution in [0.2, 0.25) is 0 Å². The lowest BCUT2D eigenvalue weighted by Crippen LogP contribution is -2.40. The van der Waals surface area contributed by atoms with Crippen LogP contribution < -0.4 is 0 Å². The van der Waals surface area contributed by atoms with Crippen molar-refractivity contribution in [2.24, 2.45) is 5.11 Å². The minimum Gasteiger partial charge on any atom is -0.444 e. The summed E-state index contributed by atoms with van der Waals surface area (Å²) in [5.41, 5.74) is 7.49. The third kappa shape index (κ3) is 10.1. The van der Waals surface area contributed by atoms with Crippen LogP contribution in [-0.4, -0.2) is 61.2 Å². The van der Waals surface area contributed by atoms with Crippen molar-refractivity contribution in [2.75, 3.05) is 39.5 Å². The normalized spacial score (nSPS) is 10.7. The molecule has 0 saturated carbocycles. The van der Waals surface area contributed by atoms with Gasteiger partial charge in [0.2, 0.25) is 0 Å². The SMILES string of the molecule is CC(C)(C)OC(=O)N(CCO)CCOCCN=[N+]=[N-]. The molecular weight excluding hydrogens is 252 g/mol. The first-order valence-electron chi connectivity index (χ1n) is 6.08. The van der Waals surface area contributed by atoms with E-state index in [0.717, 1.165) is 0 Å². The lowest BCUT2D eigenvalue weighted by atomic mass is 10.2. The second-order valence-corrected chi connectivity index (χ2v) is 4.76. The zero-order chi connectivity index (χ0) is 14.7. The fourth-order valence-electron chi connectivity index (χ4n) is 1.17. The quantitative estimate of drug-likeness (QED) is 0.313.